The van der Waals surface area contributed by atoms with Gasteiger partial charge in [0.25, 0.3) is 6.43 Å². The maximum atomic E-state index is 13.2. The quantitative estimate of drug-likeness (QED) is 0.781. The zero-order valence-corrected chi connectivity index (χ0v) is 12.3. The molecule has 0 aliphatic carbocycles. The topological polar surface area (TPSA) is 66.2 Å². The maximum Gasteiger partial charge on any atom is 0.361 e. The average molecular weight is 303 g/mol. The molecule has 1 atom stereocenters. The van der Waals surface area contributed by atoms with Crippen LogP contribution < -0.4 is 0 Å². The summed E-state index contributed by atoms with van der Waals surface area (Å²) in [7, 11) is 0. The molecule has 6 nitrogen and oxygen atoms in total. The third-order valence-electron chi connectivity index (χ3n) is 3.38. The van der Waals surface area contributed by atoms with Gasteiger partial charge in [0, 0.05) is 0 Å². The number of esters is 1. The van der Waals surface area contributed by atoms with Crippen LogP contribution in [0, 0.1) is 0 Å². The first-order chi connectivity index (χ1) is 9.84. The van der Waals surface area contributed by atoms with Gasteiger partial charge in [-0.05, 0) is 33.6 Å². The van der Waals surface area contributed by atoms with Gasteiger partial charge in [-0.15, -0.1) is 5.10 Å². The number of carbonyl (C=O) groups is 1. The van der Waals surface area contributed by atoms with Crippen LogP contribution >= 0.6 is 0 Å². The third kappa shape index (κ3) is 3.55. The third-order valence-corrected chi connectivity index (χ3v) is 3.38. The van der Waals surface area contributed by atoms with Crippen LogP contribution in [0.25, 0.3) is 0 Å². The Morgan fingerprint density at radius 2 is 2.29 bits per heavy atom. The van der Waals surface area contributed by atoms with E-state index in [0.29, 0.717) is 0 Å². The highest BCUT2D eigenvalue weighted by molar-refractivity contribution is 5.88. The van der Waals surface area contributed by atoms with Gasteiger partial charge in [0.2, 0.25) is 0 Å². The van der Waals surface area contributed by atoms with Crippen LogP contribution in [0.5, 0.6) is 0 Å². The summed E-state index contributed by atoms with van der Waals surface area (Å²) < 4.78 is 37.9. The van der Waals surface area contributed by atoms with Crippen molar-refractivity contribution < 1.29 is 23.0 Å². The molecule has 0 spiro atoms. The van der Waals surface area contributed by atoms with Gasteiger partial charge < -0.3 is 9.47 Å². The monoisotopic (exact) mass is 303 g/mol. The van der Waals surface area contributed by atoms with Crippen molar-refractivity contribution in [1.29, 1.82) is 0 Å². The summed E-state index contributed by atoms with van der Waals surface area (Å²) in [5.41, 5.74) is -1.20. The molecule has 1 aliphatic heterocycles. The smallest absolute Gasteiger partial charge is 0.361 e. The van der Waals surface area contributed by atoms with E-state index in [9.17, 15) is 13.6 Å². The van der Waals surface area contributed by atoms with E-state index in [2.05, 4.69) is 10.3 Å². The highest BCUT2D eigenvalue weighted by Crippen LogP contribution is 2.31. The van der Waals surface area contributed by atoms with Crippen molar-refractivity contribution in [3.63, 3.8) is 0 Å². The molecule has 1 saturated heterocycles. The molecule has 0 saturated carbocycles. The molecule has 118 valence electrons. The molecule has 0 bridgehead atoms. The summed E-state index contributed by atoms with van der Waals surface area (Å²) in [5, 5.41) is 7.20. The summed E-state index contributed by atoms with van der Waals surface area (Å²) >= 11 is 0. The first-order valence-electron chi connectivity index (χ1n) is 6.90. The molecule has 1 aromatic heterocycles. The van der Waals surface area contributed by atoms with Crippen LogP contribution in [0.15, 0.2) is 0 Å². The fraction of sp³-hybridized carbons (Fsp3) is 0.769. The summed E-state index contributed by atoms with van der Waals surface area (Å²) in [5.74, 6) is -0.883. The predicted molar refractivity (Wildman–Crippen MR) is 69.1 cm³/mol. The van der Waals surface area contributed by atoms with E-state index in [4.69, 9.17) is 9.47 Å². The Kier molecular flexibility index (Phi) is 4.55. The van der Waals surface area contributed by atoms with Crippen molar-refractivity contribution in [1.82, 2.24) is 15.0 Å². The predicted octanol–water partition coefficient (Wildman–Crippen LogP) is 2.35. The molecule has 1 aromatic rings. The second-order valence-electron chi connectivity index (χ2n) is 5.56. The molecule has 21 heavy (non-hydrogen) atoms. The van der Waals surface area contributed by atoms with Crippen molar-refractivity contribution in [3.8, 4) is 0 Å². The molecule has 0 N–H and O–H groups in total. The highest BCUT2D eigenvalue weighted by atomic mass is 19.3. The molecule has 2 heterocycles. The second kappa shape index (κ2) is 6.05. The number of rotatable bonds is 5. The van der Waals surface area contributed by atoms with Crippen LogP contribution in [-0.2, 0) is 16.0 Å². The minimum atomic E-state index is -2.85. The Labute approximate surface area is 121 Å². The molecule has 1 unspecified atom stereocenters. The molecule has 0 aromatic carbocycles. The van der Waals surface area contributed by atoms with Crippen molar-refractivity contribution in [2.45, 2.75) is 58.3 Å². The fourth-order valence-electron chi connectivity index (χ4n) is 2.42. The Bertz CT molecular complexity index is 517. The SMILES string of the molecule is CCOC(=O)c1nnn(CC2CCC(C)(C)O2)c1C(F)F. The highest BCUT2D eigenvalue weighted by Gasteiger charge is 2.34. The number of ether oxygens (including phenoxy) is 2. The lowest BCUT2D eigenvalue weighted by atomic mass is 10.1. The lowest BCUT2D eigenvalue weighted by molar-refractivity contribution is -0.0244. The zero-order chi connectivity index (χ0) is 15.6. The molecule has 8 heteroatoms. The van der Waals surface area contributed by atoms with E-state index < -0.39 is 23.8 Å². The van der Waals surface area contributed by atoms with Crippen LogP contribution in [0.3, 0.4) is 0 Å². The van der Waals surface area contributed by atoms with Gasteiger partial charge in [0.15, 0.2) is 5.69 Å². The normalized spacial score (nSPS) is 21.0. The van der Waals surface area contributed by atoms with E-state index >= 15 is 0 Å². The molecule has 1 aliphatic rings. The van der Waals surface area contributed by atoms with Gasteiger partial charge in [-0.25, -0.2) is 18.3 Å². The lowest BCUT2D eigenvalue weighted by Crippen LogP contribution is -2.24. The molecular weight excluding hydrogens is 284 g/mol. The van der Waals surface area contributed by atoms with Crippen LogP contribution in [0.4, 0.5) is 8.78 Å². The number of halogens is 2. The van der Waals surface area contributed by atoms with Gasteiger partial charge in [-0.2, -0.15) is 0 Å². The van der Waals surface area contributed by atoms with Gasteiger partial charge in [0.1, 0.15) is 5.69 Å². The standard InChI is InChI=1S/C13H19F2N3O3/c1-4-20-12(19)9-10(11(14)15)18(17-16-9)7-8-5-6-13(2,3)21-8/h8,11H,4-7H2,1-3H3. The molecule has 2 rings (SSSR count). The molecular formula is C13H19F2N3O3. The first-order valence-corrected chi connectivity index (χ1v) is 6.90. The van der Waals surface area contributed by atoms with Crippen molar-refractivity contribution in [2.24, 2.45) is 0 Å². The van der Waals surface area contributed by atoms with Crippen molar-refractivity contribution >= 4 is 5.97 Å². The van der Waals surface area contributed by atoms with Gasteiger partial charge in [0.05, 0.1) is 24.9 Å². The number of aromatic nitrogens is 3. The second-order valence-corrected chi connectivity index (χ2v) is 5.56. The van der Waals surface area contributed by atoms with Crippen molar-refractivity contribution in [2.75, 3.05) is 6.61 Å². The van der Waals surface area contributed by atoms with Crippen molar-refractivity contribution in [3.05, 3.63) is 11.4 Å². The lowest BCUT2D eigenvalue weighted by Gasteiger charge is -2.19. The summed E-state index contributed by atoms with van der Waals surface area (Å²) in [4.78, 5) is 11.6. The van der Waals surface area contributed by atoms with E-state index in [0.717, 1.165) is 17.5 Å². The van der Waals surface area contributed by atoms with Crippen LogP contribution in [-0.4, -0.2) is 39.3 Å². The summed E-state index contributed by atoms with van der Waals surface area (Å²) in [6, 6.07) is 0. The minimum absolute atomic E-state index is 0.0916. The van der Waals surface area contributed by atoms with E-state index in [1.54, 1.807) is 6.92 Å². The largest absolute Gasteiger partial charge is 0.461 e. The van der Waals surface area contributed by atoms with Gasteiger partial charge >= 0.3 is 5.97 Å². The Balaban J connectivity index is 2.18. The van der Waals surface area contributed by atoms with E-state index in [1.165, 1.54) is 0 Å². The Morgan fingerprint density at radius 3 is 2.81 bits per heavy atom. The van der Waals surface area contributed by atoms with E-state index in [1.807, 2.05) is 13.8 Å². The summed E-state index contributed by atoms with van der Waals surface area (Å²) in [6.07, 6.45) is -1.46. The zero-order valence-electron chi connectivity index (χ0n) is 12.3. The van der Waals surface area contributed by atoms with Gasteiger partial charge in [-0.1, -0.05) is 5.21 Å². The number of hydrogen-bond acceptors (Lipinski definition) is 5. The number of carbonyl (C=O) groups excluding carboxylic acids is 1. The Hall–Kier alpha value is -1.57. The van der Waals surface area contributed by atoms with Crippen LogP contribution in [0.2, 0.25) is 0 Å². The fourth-order valence-corrected chi connectivity index (χ4v) is 2.42. The summed E-state index contributed by atoms with van der Waals surface area (Å²) in [6.45, 7) is 5.74. The average Bonchev–Trinajstić information content (AvgIpc) is 2.93. The molecule has 0 amide bonds. The number of nitrogens with zero attached hydrogens (tertiary/aromatic N) is 3. The minimum Gasteiger partial charge on any atom is -0.461 e. The Morgan fingerprint density at radius 1 is 1.57 bits per heavy atom. The number of alkyl halides is 2. The maximum absolute atomic E-state index is 13.2. The first kappa shape index (κ1) is 15.8. The molecule has 0 radical (unpaired) electrons. The van der Waals surface area contributed by atoms with Crippen LogP contribution in [0.1, 0.15) is 56.2 Å². The van der Waals surface area contributed by atoms with Gasteiger partial charge in [-0.3, -0.25) is 0 Å². The number of hydrogen-bond donors (Lipinski definition) is 0. The molecule has 1 fully saturated rings. The van der Waals surface area contributed by atoms with E-state index in [-0.39, 0.29) is 24.9 Å².